The minimum absolute atomic E-state index is 0.127. The summed E-state index contributed by atoms with van der Waals surface area (Å²) in [4.78, 5) is 8.77. The van der Waals surface area contributed by atoms with Crippen molar-refractivity contribution in [3.05, 3.63) is 155 Å². The molecule has 0 aliphatic carbocycles. The molecule has 4 nitrogen and oxygen atoms in total. The van der Waals surface area contributed by atoms with E-state index in [0.29, 0.717) is 32.6 Å². The lowest BCUT2D eigenvalue weighted by atomic mass is 10.0. The molecule has 0 aliphatic heterocycles. The van der Waals surface area contributed by atoms with Gasteiger partial charge in [0.25, 0.3) is 0 Å². The van der Waals surface area contributed by atoms with Gasteiger partial charge in [-0.3, -0.25) is 4.57 Å². The highest BCUT2D eigenvalue weighted by Gasteiger charge is 2.36. The second-order valence-electron chi connectivity index (χ2n) is 12.2. The maximum absolute atomic E-state index is 16.1. The number of hydrogen-bond donors (Lipinski definition) is 0. The second-order valence-corrected chi connectivity index (χ2v) is 12.2. The molecule has 0 spiro atoms. The molecular weight excluding hydrogens is 726 g/mol. The molecular formula is C40H16F10N4. The molecule has 54 heavy (non-hydrogen) atoms. The molecule has 6 aromatic carbocycles. The summed E-state index contributed by atoms with van der Waals surface area (Å²) in [5.41, 5.74) is -5.56. The van der Waals surface area contributed by atoms with Crippen LogP contribution in [0.3, 0.4) is 0 Å². The van der Waals surface area contributed by atoms with Crippen LogP contribution >= 0.6 is 0 Å². The van der Waals surface area contributed by atoms with Gasteiger partial charge in [-0.25, -0.2) is 53.9 Å². The number of rotatable bonds is 4. The van der Waals surface area contributed by atoms with Crippen LogP contribution in [0.1, 0.15) is 0 Å². The number of halogens is 10. The predicted octanol–water partition coefficient (Wildman–Crippen LogP) is 11.4. The fourth-order valence-electron chi connectivity index (χ4n) is 7.03. The minimum atomic E-state index is -2.51. The quantitative estimate of drug-likeness (QED) is 0.102. The molecule has 0 unspecified atom stereocenters. The maximum Gasteiger partial charge on any atom is 0.235 e. The van der Waals surface area contributed by atoms with E-state index < -0.39 is 92.3 Å². The van der Waals surface area contributed by atoms with E-state index in [9.17, 15) is 8.78 Å². The van der Waals surface area contributed by atoms with Crippen LogP contribution < -0.4 is 0 Å². The largest absolute Gasteiger partial charge is 0.305 e. The van der Waals surface area contributed by atoms with E-state index in [4.69, 9.17) is 0 Å². The number of nitrogens with zero attached hydrogens (tertiary/aromatic N) is 4. The Bertz CT molecular complexity index is 2820. The summed E-state index contributed by atoms with van der Waals surface area (Å²) in [7, 11) is 0. The van der Waals surface area contributed by atoms with Crippen molar-refractivity contribution in [3.8, 4) is 34.2 Å². The standard InChI is InChI=1S/C40H16F10N4/c41-27-25(28(42)32(46)35(49)31(27)45)37-39(53-21-13-5-1-9-17(21)18-10-2-6-14-22(18)53)38(26-29(43)33(47)36(50)34(48)30(26)44)52-40(51-37)54-23-15-7-3-11-19(23)20-12-4-8-16-24(20)54/h1-16H. The third kappa shape index (κ3) is 4.45. The van der Waals surface area contributed by atoms with Crippen molar-refractivity contribution in [1.82, 2.24) is 19.1 Å². The number of benzene rings is 6. The maximum atomic E-state index is 16.1. The first-order chi connectivity index (χ1) is 26.0. The van der Waals surface area contributed by atoms with Crippen LogP contribution in [0, 0.1) is 58.2 Å². The molecule has 14 heteroatoms. The summed E-state index contributed by atoms with van der Waals surface area (Å²) in [6.07, 6.45) is 0. The van der Waals surface area contributed by atoms with Crippen molar-refractivity contribution >= 4 is 43.6 Å². The summed E-state index contributed by atoms with van der Waals surface area (Å²) < 4.78 is 156. The van der Waals surface area contributed by atoms with Gasteiger partial charge >= 0.3 is 0 Å². The molecule has 0 saturated heterocycles. The van der Waals surface area contributed by atoms with Crippen LogP contribution in [-0.2, 0) is 0 Å². The molecule has 0 amide bonds. The van der Waals surface area contributed by atoms with Gasteiger partial charge < -0.3 is 4.57 Å². The van der Waals surface area contributed by atoms with Crippen LogP contribution in [0.25, 0.3) is 77.8 Å². The SMILES string of the molecule is Fc1c(F)c(F)c(-c2nc(-n3c4ccccc4c4ccccc43)nc(-c3c(F)c(F)c(F)c(F)c3F)c2-n2c3ccccc3c3ccccc32)c(F)c1F. The molecule has 3 heterocycles. The molecule has 0 N–H and O–H groups in total. The summed E-state index contributed by atoms with van der Waals surface area (Å²) in [6, 6.07) is 25.5. The first kappa shape index (κ1) is 33.2. The number of fused-ring (bicyclic) bond motifs is 6. The minimum Gasteiger partial charge on any atom is -0.305 e. The summed E-state index contributed by atoms with van der Waals surface area (Å²) in [6.45, 7) is 0. The Morgan fingerprint density at radius 1 is 0.315 bits per heavy atom. The van der Waals surface area contributed by atoms with E-state index in [1.165, 1.54) is 28.8 Å². The topological polar surface area (TPSA) is 35.6 Å². The van der Waals surface area contributed by atoms with E-state index in [0.717, 1.165) is 4.57 Å². The Morgan fingerprint density at radius 2 is 0.574 bits per heavy atom. The van der Waals surface area contributed by atoms with E-state index in [1.807, 2.05) is 0 Å². The fourth-order valence-corrected chi connectivity index (χ4v) is 7.03. The van der Waals surface area contributed by atoms with Crippen LogP contribution in [-0.4, -0.2) is 19.1 Å². The van der Waals surface area contributed by atoms with Gasteiger partial charge in [-0.1, -0.05) is 72.8 Å². The first-order valence-electron chi connectivity index (χ1n) is 15.9. The Morgan fingerprint density at radius 3 is 0.889 bits per heavy atom. The van der Waals surface area contributed by atoms with Crippen molar-refractivity contribution in [2.45, 2.75) is 0 Å². The van der Waals surface area contributed by atoms with Crippen molar-refractivity contribution in [2.75, 3.05) is 0 Å². The number of aromatic nitrogens is 4. The fraction of sp³-hybridized carbons (Fsp3) is 0. The van der Waals surface area contributed by atoms with Gasteiger partial charge in [0.2, 0.25) is 17.6 Å². The Kier molecular flexibility index (Phi) is 7.32. The monoisotopic (exact) mass is 742 g/mol. The Hall–Kier alpha value is -6.70. The van der Waals surface area contributed by atoms with Crippen molar-refractivity contribution in [2.24, 2.45) is 0 Å². The molecule has 9 aromatic rings. The van der Waals surface area contributed by atoms with E-state index >= 15 is 35.1 Å². The average Bonchev–Trinajstić information content (AvgIpc) is 3.71. The highest BCUT2D eigenvalue weighted by Crippen LogP contribution is 2.45. The zero-order valence-corrected chi connectivity index (χ0v) is 26.8. The van der Waals surface area contributed by atoms with Crippen LogP contribution in [0.15, 0.2) is 97.1 Å². The summed E-state index contributed by atoms with van der Waals surface area (Å²) in [5, 5.41) is 1.95. The first-order valence-corrected chi connectivity index (χ1v) is 15.9. The van der Waals surface area contributed by atoms with Gasteiger partial charge in [0.15, 0.2) is 46.5 Å². The molecule has 0 atom stereocenters. The molecule has 3 aromatic heterocycles. The summed E-state index contributed by atoms with van der Waals surface area (Å²) in [5.74, 6) is -24.8. The molecule has 0 aliphatic rings. The van der Waals surface area contributed by atoms with Crippen LogP contribution in [0.4, 0.5) is 43.9 Å². The van der Waals surface area contributed by atoms with Gasteiger partial charge in [0, 0.05) is 21.5 Å². The van der Waals surface area contributed by atoms with Crippen LogP contribution in [0.5, 0.6) is 0 Å². The molecule has 0 radical (unpaired) electrons. The smallest absolute Gasteiger partial charge is 0.235 e. The molecule has 0 fully saturated rings. The number of para-hydroxylation sites is 4. The molecule has 266 valence electrons. The predicted molar refractivity (Wildman–Crippen MR) is 181 cm³/mol. The van der Waals surface area contributed by atoms with Crippen molar-refractivity contribution < 1.29 is 43.9 Å². The summed E-state index contributed by atoms with van der Waals surface area (Å²) >= 11 is 0. The van der Waals surface area contributed by atoms with Gasteiger partial charge in [-0.2, -0.15) is 0 Å². The lowest BCUT2D eigenvalue weighted by molar-refractivity contribution is 0.380. The third-order valence-corrected chi connectivity index (χ3v) is 9.35. The van der Waals surface area contributed by atoms with Gasteiger partial charge in [0.1, 0.15) is 11.4 Å². The lowest BCUT2D eigenvalue weighted by Crippen LogP contribution is -2.15. The molecule has 0 saturated carbocycles. The number of hydrogen-bond acceptors (Lipinski definition) is 2. The average molecular weight is 743 g/mol. The zero-order valence-electron chi connectivity index (χ0n) is 26.8. The molecule has 9 rings (SSSR count). The second kappa shape index (κ2) is 11.9. The van der Waals surface area contributed by atoms with E-state index in [1.54, 1.807) is 72.8 Å². The van der Waals surface area contributed by atoms with Gasteiger partial charge in [0.05, 0.1) is 38.9 Å². The van der Waals surface area contributed by atoms with Crippen molar-refractivity contribution in [3.63, 3.8) is 0 Å². The third-order valence-electron chi connectivity index (χ3n) is 9.35. The van der Waals surface area contributed by atoms with Gasteiger partial charge in [-0.05, 0) is 24.3 Å². The van der Waals surface area contributed by atoms with E-state index in [2.05, 4.69) is 9.97 Å². The molecule has 0 bridgehead atoms. The lowest BCUT2D eigenvalue weighted by Gasteiger charge is -2.21. The normalized spacial score (nSPS) is 11.9. The van der Waals surface area contributed by atoms with E-state index in [-0.39, 0.29) is 11.0 Å². The Balaban J connectivity index is 1.59. The van der Waals surface area contributed by atoms with Crippen LogP contribution in [0.2, 0.25) is 0 Å². The Labute approximate surface area is 295 Å². The zero-order chi connectivity index (χ0) is 37.7. The highest BCUT2D eigenvalue weighted by atomic mass is 19.2. The van der Waals surface area contributed by atoms with Gasteiger partial charge in [-0.15, -0.1) is 0 Å². The highest BCUT2D eigenvalue weighted by molar-refractivity contribution is 6.11. The van der Waals surface area contributed by atoms with Crippen molar-refractivity contribution in [1.29, 1.82) is 0 Å².